The van der Waals surface area contributed by atoms with Crippen molar-refractivity contribution in [3.63, 3.8) is 0 Å². The van der Waals surface area contributed by atoms with E-state index in [9.17, 15) is 19.2 Å². The van der Waals surface area contributed by atoms with Gasteiger partial charge >= 0.3 is 5.97 Å². The number of ether oxygens (including phenoxy) is 3. The Bertz CT molecular complexity index is 993. The molecule has 1 aliphatic heterocycles. The second kappa shape index (κ2) is 9.95. The van der Waals surface area contributed by atoms with E-state index in [0.29, 0.717) is 17.1 Å². The smallest absolute Gasteiger partial charge is 0.315 e. The van der Waals surface area contributed by atoms with Gasteiger partial charge in [-0.2, -0.15) is 0 Å². The molecule has 0 saturated heterocycles. The van der Waals surface area contributed by atoms with Crippen molar-refractivity contribution in [1.29, 1.82) is 0 Å². The number of carbonyl (C=O) groups is 4. The molecule has 3 amide bonds. The summed E-state index contributed by atoms with van der Waals surface area (Å²) in [7, 11) is 2.98. The number of amides is 3. The lowest BCUT2D eigenvalue weighted by Crippen LogP contribution is -2.42. The minimum absolute atomic E-state index is 0.100. The Balaban J connectivity index is 1.73. The number of carbonyl (C=O) groups excluding carboxylic acids is 4. The minimum Gasteiger partial charge on any atom is -0.497 e. The van der Waals surface area contributed by atoms with Gasteiger partial charge in [0.2, 0.25) is 5.91 Å². The zero-order chi connectivity index (χ0) is 23.3. The summed E-state index contributed by atoms with van der Waals surface area (Å²) in [5.41, 5.74) is 1.05. The third-order valence-corrected chi connectivity index (χ3v) is 5.03. The number of benzene rings is 2. The normalized spacial score (nSPS) is 13.4. The molecule has 2 aromatic rings. The molecule has 0 aromatic heterocycles. The largest absolute Gasteiger partial charge is 0.497 e. The molecule has 0 bridgehead atoms. The summed E-state index contributed by atoms with van der Waals surface area (Å²) in [6.45, 7) is 1.29. The first-order valence-electron chi connectivity index (χ1n) is 10.0. The van der Waals surface area contributed by atoms with Crippen LogP contribution in [0.15, 0.2) is 42.5 Å². The highest BCUT2D eigenvalue weighted by Crippen LogP contribution is 2.28. The number of methoxy groups -OCH3 is 2. The summed E-state index contributed by atoms with van der Waals surface area (Å²) in [5.74, 6) is -2.06. The van der Waals surface area contributed by atoms with Crippen LogP contribution >= 0.6 is 0 Å². The first-order valence-corrected chi connectivity index (χ1v) is 10.0. The van der Waals surface area contributed by atoms with Crippen molar-refractivity contribution < 1.29 is 33.4 Å². The van der Waals surface area contributed by atoms with Gasteiger partial charge in [0.25, 0.3) is 11.8 Å². The Hall–Kier alpha value is -3.88. The minimum atomic E-state index is -0.843. The second-order valence-corrected chi connectivity index (χ2v) is 7.00. The van der Waals surface area contributed by atoms with E-state index in [2.05, 4.69) is 5.32 Å². The van der Waals surface area contributed by atoms with Crippen LogP contribution in [0, 0.1) is 0 Å². The third-order valence-electron chi connectivity index (χ3n) is 5.03. The molecule has 0 fully saturated rings. The molecular weight excluding hydrogens is 416 g/mol. The van der Waals surface area contributed by atoms with Crippen molar-refractivity contribution >= 4 is 23.7 Å². The van der Waals surface area contributed by atoms with Gasteiger partial charge in [0, 0.05) is 12.6 Å². The predicted octanol–water partition coefficient (Wildman–Crippen LogP) is 1.76. The first-order chi connectivity index (χ1) is 15.4. The fraction of sp³-hybridized carbons (Fsp3) is 0.304. The number of fused-ring (bicyclic) bond motifs is 1. The summed E-state index contributed by atoms with van der Waals surface area (Å²) in [5, 5.41) is 2.62. The van der Waals surface area contributed by atoms with E-state index in [1.54, 1.807) is 49.4 Å². The molecule has 0 aliphatic carbocycles. The van der Waals surface area contributed by atoms with E-state index in [0.717, 1.165) is 4.90 Å². The Labute approximate surface area is 185 Å². The number of hydrogen-bond donors (Lipinski definition) is 1. The van der Waals surface area contributed by atoms with Crippen LogP contribution in [-0.2, 0) is 14.3 Å². The fourth-order valence-corrected chi connectivity index (χ4v) is 3.41. The van der Waals surface area contributed by atoms with Crippen molar-refractivity contribution in [3.05, 3.63) is 59.2 Å². The van der Waals surface area contributed by atoms with Crippen LogP contribution in [0.2, 0.25) is 0 Å². The van der Waals surface area contributed by atoms with Crippen LogP contribution in [0.5, 0.6) is 11.5 Å². The Morgan fingerprint density at radius 2 is 1.53 bits per heavy atom. The standard InChI is InChI=1S/C23H24N2O7/c1-4-32-23(29)19(14-9-15(30-2)11-16(10-14)31-3)12-24-20(26)13-25-21(27)17-7-5-6-8-18(17)22(25)28/h5-11,19H,4,12-13H2,1-3H3,(H,24,26). The van der Waals surface area contributed by atoms with Crippen molar-refractivity contribution in [1.82, 2.24) is 10.2 Å². The maximum absolute atomic E-state index is 12.6. The Morgan fingerprint density at radius 3 is 2.03 bits per heavy atom. The van der Waals surface area contributed by atoms with Crippen molar-refractivity contribution in [2.24, 2.45) is 0 Å². The zero-order valence-electron chi connectivity index (χ0n) is 18.0. The van der Waals surface area contributed by atoms with Gasteiger partial charge in [-0.05, 0) is 36.8 Å². The van der Waals surface area contributed by atoms with Gasteiger partial charge in [-0.3, -0.25) is 24.1 Å². The lowest BCUT2D eigenvalue weighted by Gasteiger charge is -2.19. The molecule has 0 spiro atoms. The fourth-order valence-electron chi connectivity index (χ4n) is 3.41. The summed E-state index contributed by atoms with van der Waals surface area (Å²) < 4.78 is 15.7. The summed E-state index contributed by atoms with van der Waals surface area (Å²) in [6, 6.07) is 11.4. The number of nitrogens with one attached hydrogen (secondary N) is 1. The van der Waals surface area contributed by atoms with Crippen LogP contribution in [0.1, 0.15) is 39.1 Å². The molecule has 3 rings (SSSR count). The maximum atomic E-state index is 12.6. The van der Waals surface area contributed by atoms with Crippen LogP contribution in [0.3, 0.4) is 0 Å². The van der Waals surface area contributed by atoms with Gasteiger partial charge in [-0.15, -0.1) is 0 Å². The lowest BCUT2D eigenvalue weighted by molar-refractivity contribution is -0.144. The van der Waals surface area contributed by atoms with Crippen molar-refractivity contribution in [2.45, 2.75) is 12.8 Å². The maximum Gasteiger partial charge on any atom is 0.315 e. The summed E-state index contributed by atoms with van der Waals surface area (Å²) in [4.78, 5) is 50.9. The average molecular weight is 440 g/mol. The predicted molar refractivity (Wildman–Crippen MR) is 114 cm³/mol. The van der Waals surface area contributed by atoms with E-state index in [1.807, 2.05) is 0 Å². The molecule has 32 heavy (non-hydrogen) atoms. The van der Waals surface area contributed by atoms with Crippen LogP contribution < -0.4 is 14.8 Å². The molecular formula is C23H24N2O7. The van der Waals surface area contributed by atoms with Gasteiger partial charge < -0.3 is 19.5 Å². The van der Waals surface area contributed by atoms with Gasteiger partial charge in [0.05, 0.1) is 37.9 Å². The second-order valence-electron chi connectivity index (χ2n) is 7.00. The van der Waals surface area contributed by atoms with Gasteiger partial charge in [0.15, 0.2) is 0 Å². The van der Waals surface area contributed by atoms with Gasteiger partial charge in [-0.1, -0.05) is 12.1 Å². The molecule has 0 radical (unpaired) electrons. The van der Waals surface area contributed by atoms with E-state index in [4.69, 9.17) is 14.2 Å². The van der Waals surface area contributed by atoms with Crippen LogP contribution in [-0.4, -0.2) is 62.5 Å². The Kier molecular flexibility index (Phi) is 7.09. The molecule has 168 valence electrons. The third kappa shape index (κ3) is 4.72. The Morgan fingerprint density at radius 1 is 0.969 bits per heavy atom. The van der Waals surface area contributed by atoms with E-state index in [-0.39, 0.29) is 24.3 Å². The molecule has 1 unspecified atom stereocenters. The highest BCUT2D eigenvalue weighted by atomic mass is 16.5. The lowest BCUT2D eigenvalue weighted by atomic mass is 9.98. The number of hydrogen-bond acceptors (Lipinski definition) is 7. The average Bonchev–Trinajstić information content (AvgIpc) is 3.04. The zero-order valence-corrected chi connectivity index (χ0v) is 18.0. The van der Waals surface area contributed by atoms with Gasteiger partial charge in [0.1, 0.15) is 18.0 Å². The molecule has 9 heteroatoms. The summed E-state index contributed by atoms with van der Waals surface area (Å²) >= 11 is 0. The highest BCUT2D eigenvalue weighted by Gasteiger charge is 2.36. The number of rotatable bonds is 9. The molecule has 9 nitrogen and oxygen atoms in total. The van der Waals surface area contributed by atoms with Crippen LogP contribution in [0.4, 0.5) is 0 Å². The van der Waals surface area contributed by atoms with Gasteiger partial charge in [-0.25, -0.2) is 0 Å². The number of nitrogens with zero attached hydrogens (tertiary/aromatic N) is 1. The van der Waals surface area contributed by atoms with E-state index < -0.39 is 36.2 Å². The number of imide groups is 1. The molecule has 1 atom stereocenters. The highest BCUT2D eigenvalue weighted by molar-refractivity contribution is 6.22. The van der Waals surface area contributed by atoms with E-state index >= 15 is 0 Å². The monoisotopic (exact) mass is 440 g/mol. The first kappa shape index (κ1) is 22.8. The molecule has 2 aromatic carbocycles. The number of esters is 1. The SMILES string of the molecule is CCOC(=O)C(CNC(=O)CN1C(=O)c2ccccc2C1=O)c1cc(OC)cc(OC)c1. The van der Waals surface area contributed by atoms with E-state index in [1.165, 1.54) is 14.2 Å². The molecule has 1 aliphatic rings. The summed E-state index contributed by atoms with van der Waals surface area (Å²) in [6.07, 6.45) is 0. The topological polar surface area (TPSA) is 111 Å². The molecule has 0 saturated carbocycles. The van der Waals surface area contributed by atoms with Crippen LogP contribution in [0.25, 0.3) is 0 Å². The quantitative estimate of drug-likeness (QED) is 0.467. The molecule has 1 heterocycles. The molecule has 1 N–H and O–H groups in total. The van der Waals surface area contributed by atoms with Crippen molar-refractivity contribution in [2.75, 3.05) is 33.9 Å². The van der Waals surface area contributed by atoms with Crippen molar-refractivity contribution in [3.8, 4) is 11.5 Å².